The summed E-state index contributed by atoms with van der Waals surface area (Å²) < 4.78 is 10.2. The molecule has 0 heterocycles. The molecule has 0 spiro atoms. The highest BCUT2D eigenvalue weighted by molar-refractivity contribution is 5.93. The Morgan fingerprint density at radius 1 is 1.14 bits per heavy atom. The Morgan fingerprint density at radius 2 is 1.76 bits per heavy atom. The SMILES string of the molecule is CCN(CC)CCOC(=O)c1ccccc1OC(C)=O.Cl. The van der Waals surface area contributed by atoms with Gasteiger partial charge in [-0.25, -0.2) is 4.79 Å². The predicted molar refractivity (Wildman–Crippen MR) is 83.1 cm³/mol. The van der Waals surface area contributed by atoms with E-state index in [-0.39, 0.29) is 23.7 Å². The number of hydrogen-bond donors (Lipinski definition) is 0. The van der Waals surface area contributed by atoms with Gasteiger partial charge in [-0.3, -0.25) is 4.79 Å². The van der Waals surface area contributed by atoms with Crippen molar-refractivity contribution in [2.24, 2.45) is 0 Å². The van der Waals surface area contributed by atoms with Gasteiger partial charge in [0.15, 0.2) is 0 Å². The first-order chi connectivity index (χ1) is 9.58. The van der Waals surface area contributed by atoms with Crippen LogP contribution in [0.5, 0.6) is 5.75 Å². The normalized spacial score (nSPS) is 9.90. The van der Waals surface area contributed by atoms with Crippen molar-refractivity contribution in [3.8, 4) is 5.75 Å². The van der Waals surface area contributed by atoms with Crippen LogP contribution >= 0.6 is 12.4 Å². The molecule has 0 unspecified atom stereocenters. The molecule has 0 saturated carbocycles. The maximum atomic E-state index is 12.0. The largest absolute Gasteiger partial charge is 0.461 e. The molecule has 0 saturated heterocycles. The molecule has 0 bridgehead atoms. The number of hydrogen-bond acceptors (Lipinski definition) is 5. The Morgan fingerprint density at radius 3 is 2.33 bits per heavy atom. The zero-order chi connectivity index (χ0) is 15.0. The van der Waals surface area contributed by atoms with E-state index in [1.54, 1.807) is 24.3 Å². The smallest absolute Gasteiger partial charge is 0.341 e. The molecule has 118 valence electrons. The number of benzene rings is 1. The Labute approximate surface area is 131 Å². The lowest BCUT2D eigenvalue weighted by Gasteiger charge is -2.17. The second kappa shape index (κ2) is 10.2. The number of ether oxygens (including phenoxy) is 2. The zero-order valence-electron chi connectivity index (χ0n) is 12.6. The predicted octanol–water partition coefficient (Wildman–Crippen LogP) is 2.53. The third-order valence-corrected chi connectivity index (χ3v) is 2.90. The van der Waals surface area contributed by atoms with E-state index in [2.05, 4.69) is 18.7 Å². The van der Waals surface area contributed by atoms with Crippen LogP contribution in [0.4, 0.5) is 0 Å². The summed E-state index contributed by atoms with van der Waals surface area (Å²) in [5.74, 6) is -0.713. The van der Waals surface area contributed by atoms with E-state index >= 15 is 0 Å². The highest BCUT2D eigenvalue weighted by atomic mass is 35.5. The molecule has 0 aliphatic rings. The fourth-order valence-corrected chi connectivity index (χ4v) is 1.76. The molecule has 0 aliphatic heterocycles. The van der Waals surface area contributed by atoms with Crippen LogP contribution in [0.1, 0.15) is 31.1 Å². The first kappa shape index (κ1) is 19.4. The van der Waals surface area contributed by atoms with E-state index in [0.29, 0.717) is 13.2 Å². The van der Waals surface area contributed by atoms with Gasteiger partial charge in [0.05, 0.1) is 0 Å². The molecule has 0 aliphatic carbocycles. The first-order valence-electron chi connectivity index (χ1n) is 6.75. The maximum Gasteiger partial charge on any atom is 0.341 e. The summed E-state index contributed by atoms with van der Waals surface area (Å²) in [6, 6.07) is 6.55. The van der Waals surface area contributed by atoms with Gasteiger partial charge in [0.1, 0.15) is 17.9 Å². The lowest BCUT2D eigenvalue weighted by atomic mass is 10.2. The zero-order valence-corrected chi connectivity index (χ0v) is 13.4. The van der Waals surface area contributed by atoms with Crippen LogP contribution in [0.3, 0.4) is 0 Å². The number of carbonyl (C=O) groups is 2. The summed E-state index contributed by atoms with van der Waals surface area (Å²) in [7, 11) is 0. The van der Waals surface area contributed by atoms with Crippen molar-refractivity contribution in [3.63, 3.8) is 0 Å². The summed E-state index contributed by atoms with van der Waals surface area (Å²) in [5, 5.41) is 0. The molecule has 21 heavy (non-hydrogen) atoms. The average molecular weight is 316 g/mol. The molecular weight excluding hydrogens is 294 g/mol. The Balaban J connectivity index is 0.00000400. The molecule has 0 radical (unpaired) electrons. The average Bonchev–Trinajstić information content (AvgIpc) is 2.43. The number of halogens is 1. The van der Waals surface area contributed by atoms with Crippen molar-refractivity contribution in [3.05, 3.63) is 29.8 Å². The van der Waals surface area contributed by atoms with Gasteiger partial charge in [0.25, 0.3) is 0 Å². The van der Waals surface area contributed by atoms with Crippen molar-refractivity contribution < 1.29 is 19.1 Å². The van der Waals surface area contributed by atoms with Crippen LogP contribution in [0.2, 0.25) is 0 Å². The van der Waals surface area contributed by atoms with Crippen LogP contribution in [-0.2, 0) is 9.53 Å². The van der Waals surface area contributed by atoms with Gasteiger partial charge in [-0.15, -0.1) is 12.4 Å². The molecule has 0 N–H and O–H groups in total. The summed E-state index contributed by atoms with van der Waals surface area (Å²) in [4.78, 5) is 25.1. The highest BCUT2D eigenvalue weighted by Crippen LogP contribution is 2.19. The number of rotatable bonds is 7. The lowest BCUT2D eigenvalue weighted by Crippen LogP contribution is -2.28. The molecule has 0 amide bonds. The Hall–Kier alpha value is -1.59. The monoisotopic (exact) mass is 315 g/mol. The van der Waals surface area contributed by atoms with Gasteiger partial charge in [-0.05, 0) is 25.2 Å². The quantitative estimate of drug-likeness (QED) is 0.571. The summed E-state index contributed by atoms with van der Waals surface area (Å²) in [5.41, 5.74) is 0.266. The molecule has 1 rings (SSSR count). The number of esters is 2. The van der Waals surface area contributed by atoms with Gasteiger partial charge in [0.2, 0.25) is 0 Å². The topological polar surface area (TPSA) is 55.8 Å². The van der Waals surface area contributed by atoms with Crippen molar-refractivity contribution in [2.75, 3.05) is 26.2 Å². The van der Waals surface area contributed by atoms with Crippen molar-refractivity contribution >= 4 is 24.3 Å². The molecule has 5 nitrogen and oxygen atoms in total. The number of carbonyl (C=O) groups excluding carboxylic acids is 2. The van der Waals surface area contributed by atoms with Crippen molar-refractivity contribution in [1.29, 1.82) is 0 Å². The fraction of sp³-hybridized carbons (Fsp3) is 0.467. The van der Waals surface area contributed by atoms with Crippen molar-refractivity contribution in [1.82, 2.24) is 4.90 Å². The summed E-state index contributed by atoms with van der Waals surface area (Å²) in [6.45, 7) is 8.24. The molecule has 1 aromatic rings. The van der Waals surface area contributed by atoms with Gasteiger partial charge in [-0.2, -0.15) is 0 Å². The van der Waals surface area contributed by atoms with Gasteiger partial charge >= 0.3 is 11.9 Å². The summed E-state index contributed by atoms with van der Waals surface area (Å²) >= 11 is 0. The van der Waals surface area contributed by atoms with E-state index in [1.807, 2.05) is 0 Å². The van der Waals surface area contributed by atoms with Crippen LogP contribution in [0.15, 0.2) is 24.3 Å². The molecule has 0 aromatic heterocycles. The molecular formula is C15H22ClNO4. The molecule has 0 atom stereocenters. The molecule has 0 fully saturated rings. The first-order valence-corrected chi connectivity index (χ1v) is 6.75. The van der Waals surface area contributed by atoms with E-state index in [0.717, 1.165) is 13.1 Å². The minimum atomic E-state index is -0.478. The lowest BCUT2D eigenvalue weighted by molar-refractivity contribution is -0.131. The Kier molecular flexibility index (Phi) is 9.41. The van der Waals surface area contributed by atoms with E-state index in [4.69, 9.17) is 9.47 Å². The minimum absolute atomic E-state index is 0. The Bertz CT molecular complexity index is 461. The highest BCUT2D eigenvalue weighted by Gasteiger charge is 2.15. The fourth-order valence-electron chi connectivity index (χ4n) is 1.76. The van der Waals surface area contributed by atoms with Crippen LogP contribution in [-0.4, -0.2) is 43.1 Å². The third-order valence-electron chi connectivity index (χ3n) is 2.90. The standard InChI is InChI=1S/C15H21NO4.ClH/c1-4-16(5-2)10-11-19-15(18)13-8-6-7-9-14(13)20-12(3)17;/h6-9H,4-5,10-11H2,1-3H3;1H. The van der Waals surface area contributed by atoms with E-state index in [1.165, 1.54) is 6.92 Å². The second-order valence-electron chi connectivity index (χ2n) is 4.25. The number of likely N-dealkylation sites (N-methyl/N-ethyl adjacent to an activating group) is 1. The van der Waals surface area contributed by atoms with Gasteiger partial charge in [-0.1, -0.05) is 26.0 Å². The number of para-hydroxylation sites is 1. The van der Waals surface area contributed by atoms with E-state index < -0.39 is 11.9 Å². The van der Waals surface area contributed by atoms with Gasteiger partial charge < -0.3 is 14.4 Å². The van der Waals surface area contributed by atoms with E-state index in [9.17, 15) is 9.59 Å². The summed E-state index contributed by atoms with van der Waals surface area (Å²) in [6.07, 6.45) is 0. The maximum absolute atomic E-state index is 12.0. The van der Waals surface area contributed by atoms with Crippen LogP contribution in [0.25, 0.3) is 0 Å². The molecule has 6 heteroatoms. The minimum Gasteiger partial charge on any atom is -0.461 e. The molecule has 1 aromatic carbocycles. The third kappa shape index (κ3) is 6.60. The van der Waals surface area contributed by atoms with Crippen molar-refractivity contribution in [2.45, 2.75) is 20.8 Å². The van der Waals surface area contributed by atoms with Crippen LogP contribution < -0.4 is 4.74 Å². The second-order valence-corrected chi connectivity index (χ2v) is 4.25. The van der Waals surface area contributed by atoms with Gasteiger partial charge in [0, 0.05) is 13.5 Å². The van der Waals surface area contributed by atoms with Crippen LogP contribution in [0, 0.1) is 0 Å². The number of nitrogens with zero attached hydrogens (tertiary/aromatic N) is 1.